The fourth-order valence-electron chi connectivity index (χ4n) is 2.70. The Kier molecular flexibility index (Phi) is 7.89. The normalized spacial score (nSPS) is 11.5. The molecule has 1 amide bonds. The van der Waals surface area contributed by atoms with Crippen LogP contribution in [0.4, 0.5) is 0 Å². The van der Waals surface area contributed by atoms with Crippen LogP contribution < -0.4 is 20.5 Å². The number of nitrogens with two attached hydrogens (primary N) is 1. The zero-order valence-electron chi connectivity index (χ0n) is 16.5. The van der Waals surface area contributed by atoms with Crippen LogP contribution in [0.5, 0.6) is 11.5 Å². The van der Waals surface area contributed by atoms with Crippen molar-refractivity contribution in [3.63, 3.8) is 0 Å². The van der Waals surface area contributed by atoms with Crippen molar-refractivity contribution in [1.82, 2.24) is 14.9 Å². The molecule has 0 saturated heterocycles. The number of aromatic nitrogens is 2. The third kappa shape index (κ3) is 6.23. The molecule has 1 heterocycles. The van der Waals surface area contributed by atoms with Gasteiger partial charge < -0.3 is 25.6 Å². The number of ether oxygens (including phenoxy) is 2. The number of nitriles is 1. The molecule has 160 valence electrons. The molecule has 0 bridgehead atoms. The minimum atomic E-state index is -0.744. The van der Waals surface area contributed by atoms with Gasteiger partial charge in [-0.25, -0.2) is 0 Å². The SMILES string of the molecule is N#Cc1snnc1-c1ccccc1OCC(O)CNCCOc1ccc(C(N)=O)cc1. The number of carbonyl (C=O) groups is 1. The Hall–Kier alpha value is -3.52. The fraction of sp³-hybridized carbons (Fsp3) is 0.238. The first kappa shape index (κ1) is 22.2. The molecule has 0 fully saturated rings. The highest BCUT2D eigenvalue weighted by Crippen LogP contribution is 2.31. The van der Waals surface area contributed by atoms with Gasteiger partial charge in [0.1, 0.15) is 42.6 Å². The van der Waals surface area contributed by atoms with E-state index >= 15 is 0 Å². The monoisotopic (exact) mass is 439 g/mol. The molecule has 1 atom stereocenters. The lowest BCUT2D eigenvalue weighted by Crippen LogP contribution is -2.33. The van der Waals surface area contributed by atoms with Crippen molar-refractivity contribution in [2.75, 3.05) is 26.3 Å². The highest BCUT2D eigenvalue weighted by Gasteiger charge is 2.15. The molecule has 0 aliphatic carbocycles. The zero-order valence-corrected chi connectivity index (χ0v) is 17.3. The number of carbonyl (C=O) groups excluding carboxylic acids is 1. The predicted octanol–water partition coefficient (Wildman–Crippen LogP) is 1.58. The Balaban J connectivity index is 1.41. The number of aliphatic hydroxyl groups excluding tert-OH is 1. The van der Waals surface area contributed by atoms with Crippen LogP contribution in [-0.4, -0.2) is 53.0 Å². The van der Waals surface area contributed by atoms with Gasteiger partial charge in [0.15, 0.2) is 4.88 Å². The number of benzene rings is 2. The molecule has 9 nitrogen and oxygen atoms in total. The zero-order chi connectivity index (χ0) is 22.1. The van der Waals surface area contributed by atoms with Gasteiger partial charge in [-0.1, -0.05) is 16.6 Å². The van der Waals surface area contributed by atoms with Gasteiger partial charge in [-0.2, -0.15) is 5.26 Å². The molecule has 0 aliphatic rings. The summed E-state index contributed by atoms with van der Waals surface area (Å²) in [7, 11) is 0. The van der Waals surface area contributed by atoms with Gasteiger partial charge in [0.2, 0.25) is 5.91 Å². The summed E-state index contributed by atoms with van der Waals surface area (Å²) >= 11 is 1.02. The molecule has 31 heavy (non-hydrogen) atoms. The molecule has 3 aromatic rings. The number of hydrogen-bond donors (Lipinski definition) is 3. The van der Waals surface area contributed by atoms with Crippen LogP contribution in [0.25, 0.3) is 11.3 Å². The van der Waals surface area contributed by atoms with E-state index in [1.54, 1.807) is 36.4 Å². The van der Waals surface area contributed by atoms with Gasteiger partial charge >= 0.3 is 0 Å². The van der Waals surface area contributed by atoms with Crippen LogP contribution in [0.3, 0.4) is 0 Å². The Morgan fingerprint density at radius 1 is 1.23 bits per heavy atom. The molecule has 0 saturated carbocycles. The number of aliphatic hydroxyl groups is 1. The largest absolute Gasteiger partial charge is 0.492 e. The van der Waals surface area contributed by atoms with Crippen molar-refractivity contribution >= 4 is 17.4 Å². The number of rotatable bonds is 11. The number of nitrogens with zero attached hydrogens (tertiary/aromatic N) is 3. The van der Waals surface area contributed by atoms with Gasteiger partial charge in [0, 0.05) is 24.2 Å². The van der Waals surface area contributed by atoms with Gasteiger partial charge in [-0.15, -0.1) is 5.10 Å². The van der Waals surface area contributed by atoms with Crippen molar-refractivity contribution in [2.24, 2.45) is 5.73 Å². The van der Waals surface area contributed by atoms with E-state index in [4.69, 9.17) is 15.2 Å². The van der Waals surface area contributed by atoms with Gasteiger partial charge in [0.05, 0.1) is 0 Å². The van der Waals surface area contributed by atoms with E-state index in [1.807, 2.05) is 12.1 Å². The quantitative estimate of drug-likeness (QED) is 0.382. The third-order valence-electron chi connectivity index (χ3n) is 4.23. The highest BCUT2D eigenvalue weighted by molar-refractivity contribution is 7.06. The molecule has 0 spiro atoms. The smallest absolute Gasteiger partial charge is 0.248 e. The summed E-state index contributed by atoms with van der Waals surface area (Å²) in [5.74, 6) is 0.662. The lowest BCUT2D eigenvalue weighted by atomic mass is 10.1. The molecule has 10 heteroatoms. The van der Waals surface area contributed by atoms with Crippen LogP contribution in [0, 0.1) is 11.3 Å². The van der Waals surface area contributed by atoms with E-state index in [0.29, 0.717) is 52.9 Å². The number of para-hydroxylation sites is 1. The Morgan fingerprint density at radius 3 is 2.74 bits per heavy atom. The number of hydrogen-bond acceptors (Lipinski definition) is 9. The summed E-state index contributed by atoms with van der Waals surface area (Å²) in [4.78, 5) is 11.5. The van der Waals surface area contributed by atoms with E-state index in [0.717, 1.165) is 11.5 Å². The Bertz CT molecular complexity index is 1050. The summed E-state index contributed by atoms with van der Waals surface area (Å²) in [6.07, 6.45) is -0.744. The first-order valence-corrected chi connectivity index (χ1v) is 10.2. The van der Waals surface area contributed by atoms with Crippen molar-refractivity contribution in [2.45, 2.75) is 6.10 Å². The van der Waals surface area contributed by atoms with E-state index in [1.165, 1.54) is 0 Å². The lowest BCUT2D eigenvalue weighted by Gasteiger charge is -2.15. The number of amides is 1. The van der Waals surface area contributed by atoms with Crippen molar-refractivity contribution < 1.29 is 19.4 Å². The van der Waals surface area contributed by atoms with Crippen LogP contribution in [-0.2, 0) is 0 Å². The molecule has 3 rings (SSSR count). The molecule has 4 N–H and O–H groups in total. The van der Waals surface area contributed by atoms with Crippen molar-refractivity contribution in [1.29, 1.82) is 5.26 Å². The standard InChI is InChI=1S/C21H21N5O4S/c22-11-19-20(25-26-31-19)17-3-1-2-4-18(17)30-13-15(27)12-24-9-10-29-16-7-5-14(6-8-16)21(23)28/h1-8,15,24,27H,9-10,12-13H2,(H2,23,28). The second-order valence-electron chi connectivity index (χ2n) is 6.46. The van der Waals surface area contributed by atoms with Crippen LogP contribution >= 0.6 is 11.5 Å². The Morgan fingerprint density at radius 2 is 2.00 bits per heavy atom. The minimum Gasteiger partial charge on any atom is -0.492 e. The number of nitrogens with one attached hydrogen (secondary N) is 1. The Labute approximate surface area is 183 Å². The molecule has 1 aromatic heterocycles. The summed E-state index contributed by atoms with van der Waals surface area (Å²) in [5.41, 5.74) is 6.74. The maximum absolute atomic E-state index is 11.0. The van der Waals surface area contributed by atoms with Crippen molar-refractivity contribution in [3.8, 4) is 28.8 Å². The topological polar surface area (TPSA) is 143 Å². The molecule has 0 radical (unpaired) electrons. The molecular formula is C21H21N5O4S. The molecular weight excluding hydrogens is 418 g/mol. The molecule has 1 unspecified atom stereocenters. The van der Waals surface area contributed by atoms with Crippen LogP contribution in [0.15, 0.2) is 48.5 Å². The first-order valence-electron chi connectivity index (χ1n) is 9.44. The number of primary amides is 1. The third-order valence-corrected chi connectivity index (χ3v) is 4.86. The average Bonchev–Trinajstić information content (AvgIpc) is 3.26. The second-order valence-corrected chi connectivity index (χ2v) is 7.22. The van der Waals surface area contributed by atoms with E-state index in [2.05, 4.69) is 21.0 Å². The highest BCUT2D eigenvalue weighted by atomic mass is 32.1. The van der Waals surface area contributed by atoms with E-state index in [9.17, 15) is 15.2 Å². The maximum Gasteiger partial charge on any atom is 0.248 e. The molecule has 0 aliphatic heterocycles. The van der Waals surface area contributed by atoms with Gasteiger partial charge in [-0.3, -0.25) is 4.79 Å². The summed E-state index contributed by atoms with van der Waals surface area (Å²) in [6.45, 7) is 1.29. The maximum atomic E-state index is 11.0. The minimum absolute atomic E-state index is 0.0684. The lowest BCUT2D eigenvalue weighted by molar-refractivity contribution is 0.1000. The molecule has 2 aromatic carbocycles. The summed E-state index contributed by atoms with van der Waals surface area (Å²) in [6, 6.07) is 15.8. The first-order chi connectivity index (χ1) is 15.1. The van der Waals surface area contributed by atoms with E-state index < -0.39 is 12.0 Å². The average molecular weight is 439 g/mol. The van der Waals surface area contributed by atoms with E-state index in [-0.39, 0.29) is 6.61 Å². The fourth-order valence-corrected chi connectivity index (χ4v) is 3.18. The predicted molar refractivity (Wildman–Crippen MR) is 115 cm³/mol. The van der Waals surface area contributed by atoms with Gasteiger partial charge in [0.25, 0.3) is 0 Å². The van der Waals surface area contributed by atoms with Crippen LogP contribution in [0.1, 0.15) is 15.2 Å². The van der Waals surface area contributed by atoms with Crippen LogP contribution in [0.2, 0.25) is 0 Å². The van der Waals surface area contributed by atoms with Crippen molar-refractivity contribution in [3.05, 3.63) is 59.0 Å². The summed E-state index contributed by atoms with van der Waals surface area (Å²) in [5, 5.41) is 26.5. The summed E-state index contributed by atoms with van der Waals surface area (Å²) < 4.78 is 15.1. The van der Waals surface area contributed by atoms with Gasteiger partial charge in [-0.05, 0) is 47.9 Å². The second kappa shape index (κ2) is 11.0.